The minimum atomic E-state index is -2.94. The molecule has 2 aromatic rings. The summed E-state index contributed by atoms with van der Waals surface area (Å²) in [4.78, 5) is 10.8. The summed E-state index contributed by atoms with van der Waals surface area (Å²) in [6.45, 7) is -0.211. The Kier molecular flexibility index (Phi) is 4.79. The second-order valence-electron chi connectivity index (χ2n) is 4.44. The molecule has 0 aliphatic carbocycles. The first kappa shape index (κ1) is 16.0. The smallest absolute Gasteiger partial charge is 0.282 e. The normalized spacial score (nSPS) is 11.2. The Hall–Kier alpha value is -2.38. The number of halogens is 4. The molecule has 0 saturated heterocycles. The van der Waals surface area contributed by atoms with Gasteiger partial charge >= 0.3 is 0 Å². The van der Waals surface area contributed by atoms with Gasteiger partial charge in [-0.3, -0.25) is 9.48 Å². The fourth-order valence-electron chi connectivity index (χ4n) is 2.02. The molecule has 1 aromatic carbocycles. The monoisotopic (exact) mass is 316 g/mol. The van der Waals surface area contributed by atoms with Crippen LogP contribution < -0.4 is 4.74 Å². The standard InChI is InChI=1S/C14H12F4N2O2/c1-22-12-3-2-8(7-21)4-9(12)6-20-11(14(17)18)5-10(19-20)13(15)16/h2-5,7,13-14H,6H2,1H3. The first-order chi connectivity index (χ1) is 10.5. The van der Waals surface area contributed by atoms with E-state index in [1.54, 1.807) is 0 Å². The van der Waals surface area contributed by atoms with Crippen molar-refractivity contribution < 1.29 is 27.1 Å². The Morgan fingerprint density at radius 2 is 1.95 bits per heavy atom. The predicted octanol–water partition coefficient (Wildman–Crippen LogP) is 3.63. The number of rotatable bonds is 6. The van der Waals surface area contributed by atoms with Crippen LogP contribution in [0.5, 0.6) is 5.75 Å². The second-order valence-corrected chi connectivity index (χ2v) is 4.44. The summed E-state index contributed by atoms with van der Waals surface area (Å²) in [5.74, 6) is 0.347. The van der Waals surface area contributed by atoms with Gasteiger partial charge in [0, 0.05) is 11.1 Å². The van der Waals surface area contributed by atoms with Crippen LogP contribution in [0.4, 0.5) is 17.6 Å². The Labute approximate surface area is 123 Å². The highest BCUT2D eigenvalue weighted by Gasteiger charge is 2.21. The van der Waals surface area contributed by atoms with Crippen molar-refractivity contribution in [1.29, 1.82) is 0 Å². The Bertz CT molecular complexity index is 671. The van der Waals surface area contributed by atoms with Gasteiger partial charge in [-0.1, -0.05) is 0 Å². The average molecular weight is 316 g/mol. The van der Waals surface area contributed by atoms with Gasteiger partial charge in [0.25, 0.3) is 12.9 Å². The highest BCUT2D eigenvalue weighted by Crippen LogP contribution is 2.27. The molecule has 0 aliphatic heterocycles. The summed E-state index contributed by atoms with van der Waals surface area (Å²) in [7, 11) is 1.38. The summed E-state index contributed by atoms with van der Waals surface area (Å²) in [5, 5.41) is 3.50. The Morgan fingerprint density at radius 1 is 1.23 bits per heavy atom. The van der Waals surface area contributed by atoms with E-state index >= 15 is 0 Å². The third kappa shape index (κ3) is 3.26. The molecule has 0 unspecified atom stereocenters. The van der Waals surface area contributed by atoms with Crippen LogP contribution >= 0.6 is 0 Å². The predicted molar refractivity (Wildman–Crippen MR) is 69.6 cm³/mol. The number of aldehydes is 1. The van der Waals surface area contributed by atoms with Crippen LogP contribution in [-0.4, -0.2) is 23.2 Å². The molecular formula is C14H12F4N2O2. The minimum Gasteiger partial charge on any atom is -0.496 e. The van der Waals surface area contributed by atoms with E-state index in [0.29, 0.717) is 29.2 Å². The van der Waals surface area contributed by atoms with Crippen LogP contribution in [0.15, 0.2) is 24.3 Å². The van der Waals surface area contributed by atoms with Crippen LogP contribution in [-0.2, 0) is 6.54 Å². The van der Waals surface area contributed by atoms with Crippen LogP contribution in [0, 0.1) is 0 Å². The van der Waals surface area contributed by atoms with E-state index in [1.165, 1.54) is 25.3 Å². The molecule has 8 heteroatoms. The number of hydrogen-bond donors (Lipinski definition) is 0. The number of methoxy groups -OCH3 is 1. The zero-order valence-electron chi connectivity index (χ0n) is 11.5. The number of hydrogen-bond acceptors (Lipinski definition) is 3. The van der Waals surface area contributed by atoms with E-state index in [0.717, 1.165) is 4.68 Å². The number of carbonyl (C=O) groups excluding carboxylic acids is 1. The number of aromatic nitrogens is 2. The Morgan fingerprint density at radius 3 is 2.50 bits per heavy atom. The van der Waals surface area contributed by atoms with Crippen molar-refractivity contribution in [2.24, 2.45) is 0 Å². The summed E-state index contributed by atoms with van der Waals surface area (Å²) in [6, 6.07) is 5.10. The number of nitrogens with zero attached hydrogens (tertiary/aromatic N) is 2. The largest absolute Gasteiger partial charge is 0.496 e. The van der Waals surface area contributed by atoms with Crippen molar-refractivity contribution >= 4 is 6.29 Å². The van der Waals surface area contributed by atoms with E-state index in [1.807, 2.05) is 0 Å². The molecule has 118 valence electrons. The minimum absolute atomic E-state index is 0.211. The van der Waals surface area contributed by atoms with Crippen molar-refractivity contribution in [3.05, 3.63) is 46.8 Å². The van der Waals surface area contributed by atoms with E-state index < -0.39 is 24.2 Å². The lowest BCUT2D eigenvalue weighted by atomic mass is 10.1. The third-order valence-corrected chi connectivity index (χ3v) is 3.04. The maximum Gasteiger partial charge on any atom is 0.282 e. The molecule has 2 rings (SSSR count). The lowest BCUT2D eigenvalue weighted by Gasteiger charge is -2.11. The van der Waals surface area contributed by atoms with Crippen LogP contribution in [0.3, 0.4) is 0 Å². The topological polar surface area (TPSA) is 44.1 Å². The summed E-state index contributed by atoms with van der Waals surface area (Å²) < 4.78 is 57.0. The van der Waals surface area contributed by atoms with E-state index in [-0.39, 0.29) is 6.54 Å². The van der Waals surface area contributed by atoms with Crippen molar-refractivity contribution in [2.45, 2.75) is 19.4 Å². The van der Waals surface area contributed by atoms with Gasteiger partial charge in [-0.2, -0.15) is 5.10 Å². The molecule has 0 N–H and O–H groups in total. The molecular weight excluding hydrogens is 304 g/mol. The quantitative estimate of drug-likeness (QED) is 0.604. The van der Waals surface area contributed by atoms with Crippen molar-refractivity contribution in [3.63, 3.8) is 0 Å². The Balaban J connectivity index is 2.43. The summed E-state index contributed by atoms with van der Waals surface area (Å²) in [6.07, 6.45) is -5.30. The fourth-order valence-corrected chi connectivity index (χ4v) is 2.02. The molecule has 4 nitrogen and oxygen atoms in total. The molecule has 0 fully saturated rings. The highest BCUT2D eigenvalue weighted by molar-refractivity contribution is 5.75. The number of benzene rings is 1. The maximum absolute atomic E-state index is 12.9. The molecule has 1 aromatic heterocycles. The summed E-state index contributed by atoms with van der Waals surface area (Å²) >= 11 is 0. The number of ether oxygens (including phenoxy) is 1. The molecule has 0 amide bonds. The van der Waals surface area contributed by atoms with Crippen LogP contribution in [0.1, 0.15) is 40.2 Å². The molecule has 0 spiro atoms. The summed E-state index contributed by atoms with van der Waals surface area (Å²) in [5.41, 5.74) is -0.636. The zero-order chi connectivity index (χ0) is 16.3. The van der Waals surface area contributed by atoms with Gasteiger partial charge in [0.1, 0.15) is 23.4 Å². The van der Waals surface area contributed by atoms with E-state index in [9.17, 15) is 22.4 Å². The SMILES string of the molecule is COc1ccc(C=O)cc1Cn1nc(C(F)F)cc1C(F)F. The lowest BCUT2D eigenvalue weighted by Crippen LogP contribution is -2.08. The van der Waals surface area contributed by atoms with Crippen LogP contribution in [0.25, 0.3) is 0 Å². The first-order valence-electron chi connectivity index (χ1n) is 6.22. The molecule has 1 heterocycles. The van der Waals surface area contributed by atoms with Gasteiger partial charge in [0.15, 0.2) is 0 Å². The third-order valence-electron chi connectivity index (χ3n) is 3.04. The van der Waals surface area contributed by atoms with Gasteiger partial charge in [0.2, 0.25) is 0 Å². The molecule has 0 radical (unpaired) electrons. The van der Waals surface area contributed by atoms with E-state index in [4.69, 9.17) is 4.74 Å². The van der Waals surface area contributed by atoms with Gasteiger partial charge in [-0.05, 0) is 24.3 Å². The molecule has 0 atom stereocenters. The van der Waals surface area contributed by atoms with Crippen molar-refractivity contribution in [1.82, 2.24) is 9.78 Å². The van der Waals surface area contributed by atoms with Gasteiger partial charge in [0.05, 0.1) is 13.7 Å². The van der Waals surface area contributed by atoms with Crippen molar-refractivity contribution in [2.75, 3.05) is 7.11 Å². The van der Waals surface area contributed by atoms with Crippen LogP contribution in [0.2, 0.25) is 0 Å². The number of carbonyl (C=O) groups is 1. The second kappa shape index (κ2) is 6.59. The average Bonchev–Trinajstić information content (AvgIpc) is 2.91. The van der Waals surface area contributed by atoms with Gasteiger partial charge < -0.3 is 4.74 Å². The maximum atomic E-state index is 12.9. The lowest BCUT2D eigenvalue weighted by molar-refractivity contribution is 0.112. The highest BCUT2D eigenvalue weighted by atomic mass is 19.3. The van der Waals surface area contributed by atoms with E-state index in [2.05, 4.69) is 5.10 Å². The van der Waals surface area contributed by atoms with Gasteiger partial charge in [-0.25, -0.2) is 17.6 Å². The first-order valence-corrected chi connectivity index (χ1v) is 6.22. The molecule has 0 saturated carbocycles. The zero-order valence-corrected chi connectivity index (χ0v) is 11.5. The van der Waals surface area contributed by atoms with Gasteiger partial charge in [-0.15, -0.1) is 0 Å². The number of alkyl halides is 4. The molecule has 0 aliphatic rings. The van der Waals surface area contributed by atoms with Crippen molar-refractivity contribution in [3.8, 4) is 5.75 Å². The molecule has 0 bridgehead atoms. The fraction of sp³-hybridized carbons (Fsp3) is 0.286. The molecule has 22 heavy (non-hydrogen) atoms.